The molecule has 1 aromatic heterocycles. The first-order chi connectivity index (χ1) is 8.41. The van der Waals surface area contributed by atoms with Crippen LogP contribution in [0.4, 0.5) is 0 Å². The minimum absolute atomic E-state index is 0.259. The van der Waals surface area contributed by atoms with Crippen LogP contribution in [0.2, 0.25) is 0 Å². The van der Waals surface area contributed by atoms with Crippen LogP contribution in [-0.2, 0) is 10.0 Å². The van der Waals surface area contributed by atoms with Gasteiger partial charge in [0.05, 0.1) is 10.6 Å². The molecule has 0 unspecified atom stereocenters. The molecule has 0 amide bonds. The van der Waals surface area contributed by atoms with Crippen LogP contribution in [0.5, 0.6) is 0 Å². The number of hydrogen-bond acceptors (Lipinski definition) is 3. The fourth-order valence-electron chi connectivity index (χ4n) is 1.66. The van der Waals surface area contributed by atoms with Gasteiger partial charge in [0.15, 0.2) is 0 Å². The Hall–Kier alpha value is -1.62. The summed E-state index contributed by atoms with van der Waals surface area (Å²) in [7, 11) is -3.56. The molecule has 0 atom stereocenters. The maximum Gasteiger partial charge on any atom is 0.282 e. The molecule has 0 fully saturated rings. The number of aryl methyl sites for hydroxylation is 1. The summed E-state index contributed by atoms with van der Waals surface area (Å²) in [6.07, 6.45) is 1.46. The van der Waals surface area contributed by atoms with Crippen LogP contribution in [0.15, 0.2) is 41.4 Å². The summed E-state index contributed by atoms with van der Waals surface area (Å²) in [6.45, 7) is 5.90. The van der Waals surface area contributed by atoms with Crippen molar-refractivity contribution in [2.75, 3.05) is 0 Å². The summed E-state index contributed by atoms with van der Waals surface area (Å²) in [4.78, 5) is 0.259. The highest BCUT2D eigenvalue weighted by atomic mass is 32.2. The van der Waals surface area contributed by atoms with E-state index in [-0.39, 0.29) is 4.90 Å². The lowest BCUT2D eigenvalue weighted by Crippen LogP contribution is -2.13. The van der Waals surface area contributed by atoms with Crippen LogP contribution in [0.1, 0.15) is 31.0 Å². The molecular weight excluding hydrogens is 248 g/mol. The summed E-state index contributed by atoms with van der Waals surface area (Å²) in [5, 5.41) is 3.94. The molecule has 5 heteroatoms. The van der Waals surface area contributed by atoms with Gasteiger partial charge in [0, 0.05) is 6.20 Å². The third kappa shape index (κ3) is 2.31. The third-order valence-corrected chi connectivity index (χ3v) is 4.35. The topological polar surface area (TPSA) is 52.0 Å². The van der Waals surface area contributed by atoms with Gasteiger partial charge in [0.25, 0.3) is 10.0 Å². The zero-order chi connectivity index (χ0) is 13.3. The molecule has 2 aromatic rings. The van der Waals surface area contributed by atoms with Crippen LogP contribution in [0, 0.1) is 6.92 Å². The number of rotatable bonds is 3. The molecule has 1 heterocycles. The van der Waals surface area contributed by atoms with Crippen molar-refractivity contribution in [1.82, 2.24) is 9.19 Å². The van der Waals surface area contributed by atoms with Gasteiger partial charge < -0.3 is 0 Å². The lowest BCUT2D eigenvalue weighted by Gasteiger charge is -2.07. The summed E-state index contributed by atoms with van der Waals surface area (Å²) in [5.74, 6) is 0.383. The van der Waals surface area contributed by atoms with Gasteiger partial charge in [-0.2, -0.15) is 17.6 Å². The molecular formula is C13H16N2O2S. The minimum Gasteiger partial charge on any atom is -0.199 e. The van der Waals surface area contributed by atoms with Gasteiger partial charge >= 0.3 is 0 Å². The molecule has 0 N–H and O–H groups in total. The number of nitrogens with zero attached hydrogens (tertiary/aromatic N) is 2. The van der Waals surface area contributed by atoms with E-state index < -0.39 is 10.0 Å². The molecule has 0 aliphatic heterocycles. The minimum atomic E-state index is -3.56. The predicted octanol–water partition coefficient (Wildman–Crippen LogP) is 2.55. The van der Waals surface area contributed by atoms with E-state index in [4.69, 9.17) is 0 Å². The fraction of sp³-hybridized carbons (Fsp3) is 0.308. The normalized spacial score (nSPS) is 12.0. The van der Waals surface area contributed by atoms with Crippen molar-refractivity contribution >= 4 is 10.0 Å². The Morgan fingerprint density at radius 3 is 2.17 bits per heavy atom. The molecule has 96 valence electrons. The average Bonchev–Trinajstić information content (AvgIpc) is 2.76. The van der Waals surface area contributed by atoms with E-state index in [2.05, 4.69) is 18.9 Å². The largest absolute Gasteiger partial charge is 0.282 e. The SMILES string of the molecule is Cc1ccn(S(=O)(=O)c2ccc(C(C)C)cc2)n1. The number of aromatic nitrogens is 2. The van der Waals surface area contributed by atoms with Crippen LogP contribution in [0.25, 0.3) is 0 Å². The molecule has 0 bridgehead atoms. The second-order valence-electron chi connectivity index (χ2n) is 4.56. The number of hydrogen-bond donors (Lipinski definition) is 0. The van der Waals surface area contributed by atoms with E-state index in [9.17, 15) is 8.42 Å². The molecule has 0 saturated heterocycles. The summed E-state index contributed by atoms with van der Waals surface area (Å²) in [5.41, 5.74) is 1.79. The molecule has 0 aliphatic rings. The standard InChI is InChI=1S/C13H16N2O2S/c1-10(2)12-4-6-13(7-5-12)18(16,17)15-9-8-11(3)14-15/h4-10H,1-3H3. The molecule has 2 rings (SSSR count). The smallest absolute Gasteiger partial charge is 0.199 e. The van der Waals surface area contributed by atoms with Crippen molar-refractivity contribution in [3.05, 3.63) is 47.8 Å². The highest BCUT2D eigenvalue weighted by molar-refractivity contribution is 7.89. The molecule has 0 radical (unpaired) electrons. The molecule has 0 spiro atoms. The van der Waals surface area contributed by atoms with Gasteiger partial charge in [-0.15, -0.1) is 0 Å². The molecule has 0 aliphatic carbocycles. The van der Waals surface area contributed by atoms with Crippen LogP contribution >= 0.6 is 0 Å². The van der Waals surface area contributed by atoms with Gasteiger partial charge in [0.2, 0.25) is 0 Å². The van der Waals surface area contributed by atoms with Crippen LogP contribution in [-0.4, -0.2) is 17.6 Å². The Labute approximate surface area is 107 Å². The third-order valence-electron chi connectivity index (χ3n) is 2.79. The highest BCUT2D eigenvalue weighted by Crippen LogP contribution is 2.18. The summed E-state index contributed by atoms with van der Waals surface area (Å²) in [6, 6.07) is 8.60. The predicted molar refractivity (Wildman–Crippen MR) is 70.1 cm³/mol. The molecule has 4 nitrogen and oxygen atoms in total. The van der Waals surface area contributed by atoms with Crippen LogP contribution < -0.4 is 0 Å². The zero-order valence-corrected chi connectivity index (χ0v) is 11.5. The lowest BCUT2D eigenvalue weighted by molar-refractivity contribution is 0.579. The maximum absolute atomic E-state index is 12.2. The van der Waals surface area contributed by atoms with Gasteiger partial charge in [0.1, 0.15) is 0 Å². The molecule has 0 saturated carbocycles. The van der Waals surface area contributed by atoms with E-state index in [1.54, 1.807) is 25.1 Å². The van der Waals surface area contributed by atoms with Crippen molar-refractivity contribution in [3.8, 4) is 0 Å². The van der Waals surface area contributed by atoms with Crippen molar-refractivity contribution < 1.29 is 8.42 Å². The quantitative estimate of drug-likeness (QED) is 0.856. The van der Waals surface area contributed by atoms with Gasteiger partial charge in [-0.25, -0.2) is 0 Å². The Morgan fingerprint density at radius 2 is 1.72 bits per heavy atom. The van der Waals surface area contributed by atoms with E-state index in [0.29, 0.717) is 11.6 Å². The van der Waals surface area contributed by atoms with Crippen molar-refractivity contribution in [2.24, 2.45) is 0 Å². The Kier molecular flexibility index (Phi) is 3.26. The summed E-state index contributed by atoms with van der Waals surface area (Å²) < 4.78 is 25.5. The van der Waals surface area contributed by atoms with E-state index >= 15 is 0 Å². The zero-order valence-electron chi connectivity index (χ0n) is 10.7. The highest BCUT2D eigenvalue weighted by Gasteiger charge is 2.17. The molecule has 1 aromatic carbocycles. The molecule has 18 heavy (non-hydrogen) atoms. The van der Waals surface area contributed by atoms with Crippen LogP contribution in [0.3, 0.4) is 0 Å². The second kappa shape index (κ2) is 4.57. The first-order valence-electron chi connectivity index (χ1n) is 5.79. The average molecular weight is 264 g/mol. The first kappa shape index (κ1) is 12.8. The Morgan fingerprint density at radius 1 is 1.11 bits per heavy atom. The van der Waals surface area contributed by atoms with E-state index in [1.807, 2.05) is 12.1 Å². The van der Waals surface area contributed by atoms with E-state index in [0.717, 1.165) is 9.65 Å². The Bertz CT molecular complexity index is 640. The van der Waals surface area contributed by atoms with Crippen molar-refractivity contribution in [2.45, 2.75) is 31.6 Å². The number of benzene rings is 1. The van der Waals surface area contributed by atoms with E-state index in [1.165, 1.54) is 6.20 Å². The van der Waals surface area contributed by atoms with Gasteiger partial charge in [-0.1, -0.05) is 26.0 Å². The van der Waals surface area contributed by atoms with Gasteiger partial charge in [-0.05, 0) is 36.6 Å². The van der Waals surface area contributed by atoms with Crippen molar-refractivity contribution in [3.63, 3.8) is 0 Å². The second-order valence-corrected chi connectivity index (χ2v) is 6.35. The Balaban J connectivity index is 2.42. The maximum atomic E-state index is 12.2. The van der Waals surface area contributed by atoms with Crippen molar-refractivity contribution in [1.29, 1.82) is 0 Å². The fourth-order valence-corrected chi connectivity index (χ4v) is 2.81. The summed E-state index contributed by atoms with van der Waals surface area (Å²) >= 11 is 0. The lowest BCUT2D eigenvalue weighted by atomic mass is 10.0. The monoisotopic (exact) mass is 264 g/mol. The first-order valence-corrected chi connectivity index (χ1v) is 7.23. The van der Waals surface area contributed by atoms with Gasteiger partial charge in [-0.3, -0.25) is 0 Å².